The maximum atomic E-state index is 13.6. The minimum Gasteiger partial charge on any atom is -0.272 e. The zero-order chi connectivity index (χ0) is 18.7. The number of aryl methyl sites for hydroxylation is 2. The van der Waals surface area contributed by atoms with Gasteiger partial charge in [-0.05, 0) is 49.2 Å². The van der Waals surface area contributed by atoms with E-state index in [0.717, 1.165) is 17.3 Å². The van der Waals surface area contributed by atoms with Crippen molar-refractivity contribution >= 4 is 23.7 Å². The number of carbonyl (C=O) groups excluding carboxylic acids is 1. The van der Waals surface area contributed by atoms with Gasteiger partial charge in [0.05, 0.1) is 16.9 Å². The van der Waals surface area contributed by atoms with Crippen molar-refractivity contribution in [1.82, 2.24) is 15.6 Å². The Bertz CT molecular complexity index is 977. The van der Waals surface area contributed by atoms with Crippen molar-refractivity contribution in [2.45, 2.75) is 13.8 Å². The van der Waals surface area contributed by atoms with Gasteiger partial charge in [-0.1, -0.05) is 29.8 Å². The fourth-order valence-electron chi connectivity index (χ4n) is 2.34. The van der Waals surface area contributed by atoms with E-state index < -0.39 is 11.7 Å². The van der Waals surface area contributed by atoms with Crippen molar-refractivity contribution in [2.24, 2.45) is 5.10 Å². The van der Waals surface area contributed by atoms with Crippen LogP contribution in [-0.4, -0.2) is 22.3 Å². The molecule has 132 valence electrons. The second-order valence-electron chi connectivity index (χ2n) is 5.80. The zero-order valence-corrected chi connectivity index (χ0v) is 14.9. The van der Waals surface area contributed by atoms with Crippen molar-refractivity contribution in [2.75, 3.05) is 0 Å². The molecule has 0 saturated carbocycles. The van der Waals surface area contributed by atoms with Gasteiger partial charge in [-0.15, -0.1) is 0 Å². The minimum absolute atomic E-state index is 0.106. The third-order valence-electron chi connectivity index (χ3n) is 3.98. The molecule has 0 spiro atoms. The van der Waals surface area contributed by atoms with Gasteiger partial charge in [0.2, 0.25) is 0 Å². The molecule has 0 saturated heterocycles. The number of H-pyrrole nitrogens is 1. The molecule has 0 bridgehead atoms. The lowest BCUT2D eigenvalue weighted by molar-refractivity contribution is 0.0950. The SMILES string of the molecule is Cc1ccc(-c2cc(C(=O)N/N=C/c3c(F)cccc3Cl)[nH]n2)cc1C. The molecule has 1 aromatic heterocycles. The van der Waals surface area contributed by atoms with Crippen LogP contribution in [0.2, 0.25) is 5.02 Å². The topological polar surface area (TPSA) is 70.1 Å². The quantitative estimate of drug-likeness (QED) is 0.532. The zero-order valence-electron chi connectivity index (χ0n) is 14.2. The first kappa shape index (κ1) is 17.8. The van der Waals surface area contributed by atoms with Crippen LogP contribution in [0.4, 0.5) is 4.39 Å². The van der Waals surface area contributed by atoms with E-state index in [0.29, 0.717) is 5.69 Å². The van der Waals surface area contributed by atoms with Crippen LogP contribution in [0.15, 0.2) is 47.6 Å². The fourth-order valence-corrected chi connectivity index (χ4v) is 2.55. The standard InChI is InChI=1S/C19H16ClFN4O/c1-11-6-7-13(8-12(11)2)17-9-18(24-23-17)19(26)25-22-10-14-15(20)4-3-5-16(14)21/h3-10H,1-2H3,(H,23,24)(H,25,26)/b22-10+. The Labute approximate surface area is 154 Å². The molecule has 0 aliphatic rings. The van der Waals surface area contributed by atoms with Crippen molar-refractivity contribution in [1.29, 1.82) is 0 Å². The largest absolute Gasteiger partial charge is 0.289 e. The van der Waals surface area contributed by atoms with Gasteiger partial charge in [0.15, 0.2) is 0 Å². The van der Waals surface area contributed by atoms with Crippen LogP contribution in [-0.2, 0) is 0 Å². The van der Waals surface area contributed by atoms with Crippen molar-refractivity contribution in [3.8, 4) is 11.3 Å². The molecule has 7 heteroatoms. The summed E-state index contributed by atoms with van der Waals surface area (Å²) < 4.78 is 13.6. The van der Waals surface area contributed by atoms with Crippen LogP contribution in [0.5, 0.6) is 0 Å². The first-order valence-electron chi connectivity index (χ1n) is 7.86. The highest BCUT2D eigenvalue weighted by molar-refractivity contribution is 6.33. The van der Waals surface area contributed by atoms with Crippen LogP contribution in [0.1, 0.15) is 27.2 Å². The Kier molecular flexibility index (Phi) is 5.14. The summed E-state index contributed by atoms with van der Waals surface area (Å²) in [5.74, 6) is -1.01. The van der Waals surface area contributed by atoms with E-state index in [4.69, 9.17) is 11.6 Å². The van der Waals surface area contributed by atoms with Gasteiger partial charge in [-0.25, -0.2) is 9.82 Å². The Morgan fingerprint density at radius 2 is 2.04 bits per heavy atom. The molecule has 5 nitrogen and oxygen atoms in total. The number of rotatable bonds is 4. The highest BCUT2D eigenvalue weighted by Gasteiger charge is 2.11. The number of carbonyl (C=O) groups is 1. The molecule has 3 rings (SSSR count). The molecule has 2 N–H and O–H groups in total. The van der Waals surface area contributed by atoms with Gasteiger partial charge in [-0.2, -0.15) is 10.2 Å². The summed E-state index contributed by atoms with van der Waals surface area (Å²) >= 11 is 5.90. The second-order valence-corrected chi connectivity index (χ2v) is 6.21. The summed E-state index contributed by atoms with van der Waals surface area (Å²) in [5.41, 5.74) is 6.56. The average Bonchev–Trinajstić information content (AvgIpc) is 3.10. The summed E-state index contributed by atoms with van der Waals surface area (Å²) in [4.78, 5) is 12.1. The number of hydrogen-bond acceptors (Lipinski definition) is 3. The first-order chi connectivity index (χ1) is 12.5. The maximum absolute atomic E-state index is 13.6. The van der Waals surface area contributed by atoms with E-state index in [-0.39, 0.29) is 16.3 Å². The van der Waals surface area contributed by atoms with E-state index in [2.05, 4.69) is 20.7 Å². The van der Waals surface area contributed by atoms with Crippen molar-refractivity contribution < 1.29 is 9.18 Å². The molecule has 0 atom stereocenters. The lowest BCUT2D eigenvalue weighted by atomic mass is 10.0. The van der Waals surface area contributed by atoms with Gasteiger partial charge in [0.1, 0.15) is 11.5 Å². The number of hydrazone groups is 1. The van der Waals surface area contributed by atoms with E-state index in [1.807, 2.05) is 32.0 Å². The van der Waals surface area contributed by atoms with E-state index >= 15 is 0 Å². The summed E-state index contributed by atoms with van der Waals surface area (Å²) in [6.45, 7) is 4.05. The predicted octanol–water partition coefficient (Wildman–Crippen LogP) is 4.25. The Balaban J connectivity index is 1.72. The number of hydrogen-bond donors (Lipinski definition) is 2. The van der Waals surface area contributed by atoms with Gasteiger partial charge >= 0.3 is 0 Å². The van der Waals surface area contributed by atoms with E-state index in [1.54, 1.807) is 12.1 Å². The molecule has 3 aromatic rings. The van der Waals surface area contributed by atoms with Crippen LogP contribution < -0.4 is 5.43 Å². The Morgan fingerprint density at radius 1 is 1.23 bits per heavy atom. The lowest BCUT2D eigenvalue weighted by Gasteiger charge is -2.01. The van der Waals surface area contributed by atoms with Gasteiger partial charge in [0.25, 0.3) is 5.91 Å². The monoisotopic (exact) mass is 370 g/mol. The number of nitrogens with one attached hydrogen (secondary N) is 2. The average molecular weight is 371 g/mol. The second kappa shape index (κ2) is 7.49. The predicted molar refractivity (Wildman–Crippen MR) is 100.0 cm³/mol. The third-order valence-corrected chi connectivity index (χ3v) is 4.31. The fraction of sp³-hybridized carbons (Fsp3) is 0.105. The number of nitrogens with zero attached hydrogens (tertiary/aromatic N) is 2. The summed E-state index contributed by atoms with van der Waals surface area (Å²) in [6.07, 6.45) is 1.16. The highest BCUT2D eigenvalue weighted by Crippen LogP contribution is 2.21. The number of aromatic nitrogens is 2. The summed E-state index contributed by atoms with van der Waals surface area (Å²) in [5, 5.41) is 10.8. The molecule has 0 fully saturated rings. The van der Waals surface area contributed by atoms with Crippen LogP contribution >= 0.6 is 11.6 Å². The van der Waals surface area contributed by atoms with Crippen molar-refractivity contribution in [3.63, 3.8) is 0 Å². The molecule has 0 aliphatic carbocycles. The first-order valence-corrected chi connectivity index (χ1v) is 8.24. The number of benzene rings is 2. The van der Waals surface area contributed by atoms with E-state index in [1.165, 1.54) is 17.7 Å². The van der Waals surface area contributed by atoms with Crippen LogP contribution in [0.25, 0.3) is 11.3 Å². The minimum atomic E-state index is -0.519. The molecule has 1 heterocycles. The number of aromatic amines is 1. The summed E-state index contributed by atoms with van der Waals surface area (Å²) in [6, 6.07) is 11.9. The van der Waals surface area contributed by atoms with Gasteiger partial charge in [0, 0.05) is 11.1 Å². The molecular formula is C19H16ClFN4O. The van der Waals surface area contributed by atoms with Crippen molar-refractivity contribution in [3.05, 3.63) is 75.7 Å². The molecule has 26 heavy (non-hydrogen) atoms. The molecule has 2 aromatic carbocycles. The molecule has 0 unspecified atom stereocenters. The van der Waals surface area contributed by atoms with Gasteiger partial charge in [-0.3, -0.25) is 9.89 Å². The molecule has 0 aliphatic heterocycles. The molecule has 0 radical (unpaired) electrons. The highest BCUT2D eigenvalue weighted by atomic mass is 35.5. The van der Waals surface area contributed by atoms with Gasteiger partial charge < -0.3 is 0 Å². The summed E-state index contributed by atoms with van der Waals surface area (Å²) in [7, 11) is 0. The normalized spacial score (nSPS) is 11.1. The Hall–Kier alpha value is -2.99. The Morgan fingerprint density at radius 3 is 2.77 bits per heavy atom. The molecule has 1 amide bonds. The smallest absolute Gasteiger partial charge is 0.272 e. The molecular weight excluding hydrogens is 355 g/mol. The number of halogens is 2. The third kappa shape index (κ3) is 3.81. The van der Waals surface area contributed by atoms with E-state index in [9.17, 15) is 9.18 Å². The van der Waals surface area contributed by atoms with Crippen LogP contribution in [0, 0.1) is 19.7 Å². The lowest BCUT2D eigenvalue weighted by Crippen LogP contribution is -2.18. The number of amides is 1. The van der Waals surface area contributed by atoms with Crippen LogP contribution in [0.3, 0.4) is 0 Å². The maximum Gasteiger partial charge on any atom is 0.289 e.